The van der Waals surface area contributed by atoms with Crippen molar-refractivity contribution in [3.63, 3.8) is 0 Å². The summed E-state index contributed by atoms with van der Waals surface area (Å²) in [5, 5.41) is 17.3. The summed E-state index contributed by atoms with van der Waals surface area (Å²) in [6, 6.07) is 5.16. The molecule has 1 aliphatic heterocycles. The molecule has 0 radical (unpaired) electrons. The Labute approximate surface area is 131 Å². The summed E-state index contributed by atoms with van der Waals surface area (Å²) in [6.07, 6.45) is 1.27. The Hall–Kier alpha value is -3.10. The number of fused-ring (bicyclic) bond motifs is 1. The van der Waals surface area contributed by atoms with Gasteiger partial charge in [-0.15, -0.1) is 0 Å². The normalized spacial score (nSPS) is 12.3. The minimum atomic E-state index is -0.514. The van der Waals surface area contributed by atoms with Crippen LogP contribution in [0.25, 0.3) is 0 Å². The monoisotopic (exact) mass is 317 g/mol. The van der Waals surface area contributed by atoms with Gasteiger partial charge in [-0.05, 0) is 26.0 Å². The second-order valence-electron chi connectivity index (χ2n) is 5.17. The standard InChI is InChI=1S/C14H15N5O4/c1-8(2)17-13-12(19(20)21)14(16-6-15-13)18-9-3-4-10-11(5-9)23-7-22-10/h3-6,8H,7H2,1-2H3,(H2,15,16,17,18). The first-order valence-electron chi connectivity index (χ1n) is 6.97. The first kappa shape index (κ1) is 14.8. The van der Waals surface area contributed by atoms with Crippen LogP contribution >= 0.6 is 0 Å². The van der Waals surface area contributed by atoms with E-state index in [9.17, 15) is 10.1 Å². The third kappa shape index (κ3) is 3.07. The Bertz CT molecular complexity index is 750. The Morgan fingerprint density at radius 2 is 1.96 bits per heavy atom. The second kappa shape index (κ2) is 5.95. The van der Waals surface area contributed by atoms with Crippen LogP contribution in [0.5, 0.6) is 11.5 Å². The predicted octanol–water partition coefficient (Wildman–Crippen LogP) is 2.68. The Kier molecular flexibility index (Phi) is 3.83. The van der Waals surface area contributed by atoms with Crippen LogP contribution in [-0.4, -0.2) is 27.7 Å². The van der Waals surface area contributed by atoms with Crippen LogP contribution in [0, 0.1) is 10.1 Å². The van der Waals surface area contributed by atoms with E-state index in [0.29, 0.717) is 17.2 Å². The zero-order valence-electron chi connectivity index (χ0n) is 12.6. The van der Waals surface area contributed by atoms with Crippen molar-refractivity contribution in [2.75, 3.05) is 17.4 Å². The third-order valence-corrected chi connectivity index (χ3v) is 3.07. The maximum Gasteiger partial charge on any atom is 0.353 e. The maximum absolute atomic E-state index is 11.4. The van der Waals surface area contributed by atoms with Gasteiger partial charge in [0.1, 0.15) is 6.33 Å². The van der Waals surface area contributed by atoms with Crippen molar-refractivity contribution >= 4 is 23.0 Å². The summed E-state index contributed by atoms with van der Waals surface area (Å²) in [6.45, 7) is 3.91. The molecular weight excluding hydrogens is 302 g/mol. The highest BCUT2D eigenvalue weighted by molar-refractivity contribution is 5.74. The van der Waals surface area contributed by atoms with Crippen LogP contribution in [0.1, 0.15) is 13.8 Å². The molecule has 0 saturated heterocycles. The number of aromatic nitrogens is 2. The molecule has 9 nitrogen and oxygen atoms in total. The first-order valence-corrected chi connectivity index (χ1v) is 6.97. The fourth-order valence-corrected chi connectivity index (χ4v) is 2.13. The largest absolute Gasteiger partial charge is 0.454 e. The molecule has 0 saturated carbocycles. The molecule has 3 rings (SSSR count). The molecule has 9 heteroatoms. The van der Waals surface area contributed by atoms with Crippen LogP contribution in [0.2, 0.25) is 0 Å². The van der Waals surface area contributed by atoms with E-state index in [2.05, 4.69) is 20.6 Å². The summed E-state index contributed by atoms with van der Waals surface area (Å²) >= 11 is 0. The van der Waals surface area contributed by atoms with Crippen LogP contribution in [0.4, 0.5) is 23.0 Å². The molecule has 1 aromatic carbocycles. The molecule has 1 aliphatic rings. The predicted molar refractivity (Wildman–Crippen MR) is 83.3 cm³/mol. The fourth-order valence-electron chi connectivity index (χ4n) is 2.13. The SMILES string of the molecule is CC(C)Nc1ncnc(Nc2ccc3c(c2)OCO3)c1[N+](=O)[O-]. The van der Waals surface area contributed by atoms with Crippen molar-refractivity contribution in [3.05, 3.63) is 34.6 Å². The number of nitrogens with one attached hydrogen (secondary N) is 2. The van der Waals surface area contributed by atoms with Gasteiger partial charge < -0.3 is 20.1 Å². The summed E-state index contributed by atoms with van der Waals surface area (Å²) in [5.74, 6) is 1.48. The van der Waals surface area contributed by atoms with Gasteiger partial charge in [0.25, 0.3) is 0 Å². The van der Waals surface area contributed by atoms with E-state index >= 15 is 0 Å². The zero-order chi connectivity index (χ0) is 16.4. The number of benzene rings is 1. The number of anilines is 3. The lowest BCUT2D eigenvalue weighted by Crippen LogP contribution is -2.14. The smallest absolute Gasteiger partial charge is 0.353 e. The molecule has 0 fully saturated rings. The fraction of sp³-hybridized carbons (Fsp3) is 0.286. The highest BCUT2D eigenvalue weighted by atomic mass is 16.7. The van der Waals surface area contributed by atoms with Crippen molar-refractivity contribution in [2.45, 2.75) is 19.9 Å². The van der Waals surface area contributed by atoms with Crippen LogP contribution < -0.4 is 20.1 Å². The molecule has 0 aliphatic carbocycles. The van der Waals surface area contributed by atoms with Crippen molar-refractivity contribution in [1.82, 2.24) is 9.97 Å². The van der Waals surface area contributed by atoms with Gasteiger partial charge in [-0.2, -0.15) is 0 Å². The van der Waals surface area contributed by atoms with Gasteiger partial charge in [0, 0.05) is 17.8 Å². The molecule has 2 aromatic rings. The molecule has 0 atom stereocenters. The lowest BCUT2D eigenvalue weighted by molar-refractivity contribution is -0.383. The van der Waals surface area contributed by atoms with Crippen LogP contribution in [0.3, 0.4) is 0 Å². The minimum absolute atomic E-state index is 0.00185. The summed E-state index contributed by atoms with van der Waals surface area (Å²) < 4.78 is 10.5. The van der Waals surface area contributed by atoms with Crippen LogP contribution in [0.15, 0.2) is 24.5 Å². The number of rotatable bonds is 5. The van der Waals surface area contributed by atoms with E-state index in [4.69, 9.17) is 9.47 Å². The van der Waals surface area contributed by atoms with E-state index in [1.54, 1.807) is 18.2 Å². The average Bonchev–Trinajstić information content (AvgIpc) is 2.94. The van der Waals surface area contributed by atoms with Crippen molar-refractivity contribution in [3.8, 4) is 11.5 Å². The number of hydrogen-bond acceptors (Lipinski definition) is 8. The number of nitro groups is 1. The van der Waals surface area contributed by atoms with Gasteiger partial charge in [0.15, 0.2) is 11.5 Å². The number of hydrogen-bond donors (Lipinski definition) is 2. The molecular formula is C14H15N5O4. The van der Waals surface area contributed by atoms with Gasteiger partial charge >= 0.3 is 5.69 Å². The van der Waals surface area contributed by atoms with Crippen molar-refractivity contribution in [1.29, 1.82) is 0 Å². The Balaban J connectivity index is 1.94. The summed E-state index contributed by atoms with van der Waals surface area (Å²) in [7, 11) is 0. The lowest BCUT2D eigenvalue weighted by Gasteiger charge is -2.12. The lowest BCUT2D eigenvalue weighted by atomic mass is 10.2. The third-order valence-electron chi connectivity index (χ3n) is 3.07. The zero-order valence-corrected chi connectivity index (χ0v) is 12.6. The Morgan fingerprint density at radius 1 is 1.22 bits per heavy atom. The quantitative estimate of drug-likeness (QED) is 0.639. The number of nitrogens with zero attached hydrogens (tertiary/aromatic N) is 3. The summed E-state index contributed by atoms with van der Waals surface area (Å²) in [5.41, 5.74) is 0.394. The van der Waals surface area contributed by atoms with Crippen molar-refractivity contribution < 1.29 is 14.4 Å². The molecule has 120 valence electrons. The van der Waals surface area contributed by atoms with Gasteiger partial charge in [-0.3, -0.25) is 10.1 Å². The molecule has 0 unspecified atom stereocenters. The molecule has 23 heavy (non-hydrogen) atoms. The second-order valence-corrected chi connectivity index (χ2v) is 5.17. The molecule has 2 heterocycles. The highest BCUT2D eigenvalue weighted by Crippen LogP contribution is 2.37. The van der Waals surface area contributed by atoms with E-state index in [0.717, 1.165) is 0 Å². The van der Waals surface area contributed by atoms with E-state index in [1.807, 2.05) is 13.8 Å². The first-order chi connectivity index (χ1) is 11.0. The molecule has 2 N–H and O–H groups in total. The van der Waals surface area contributed by atoms with Gasteiger partial charge in [0.2, 0.25) is 18.4 Å². The topological polar surface area (TPSA) is 111 Å². The highest BCUT2D eigenvalue weighted by Gasteiger charge is 2.24. The molecule has 0 bridgehead atoms. The van der Waals surface area contributed by atoms with E-state index in [-0.39, 0.29) is 30.2 Å². The van der Waals surface area contributed by atoms with Gasteiger partial charge in [0.05, 0.1) is 4.92 Å². The van der Waals surface area contributed by atoms with Gasteiger partial charge in [-0.1, -0.05) is 0 Å². The molecule has 0 spiro atoms. The molecule has 0 amide bonds. The van der Waals surface area contributed by atoms with Crippen LogP contribution in [-0.2, 0) is 0 Å². The van der Waals surface area contributed by atoms with E-state index in [1.165, 1.54) is 6.33 Å². The van der Waals surface area contributed by atoms with E-state index < -0.39 is 4.92 Å². The van der Waals surface area contributed by atoms with Crippen molar-refractivity contribution in [2.24, 2.45) is 0 Å². The number of ether oxygens (including phenoxy) is 2. The minimum Gasteiger partial charge on any atom is -0.454 e. The summed E-state index contributed by atoms with van der Waals surface area (Å²) in [4.78, 5) is 18.8. The van der Waals surface area contributed by atoms with Gasteiger partial charge in [-0.25, -0.2) is 9.97 Å². The molecule has 1 aromatic heterocycles. The average molecular weight is 317 g/mol. The Morgan fingerprint density at radius 3 is 2.70 bits per heavy atom. The maximum atomic E-state index is 11.4.